The Kier molecular flexibility index (Phi) is 7.28. The second kappa shape index (κ2) is 10.8. The van der Waals surface area contributed by atoms with Crippen molar-refractivity contribution in [3.8, 4) is 11.4 Å². The highest BCUT2D eigenvalue weighted by molar-refractivity contribution is 6.30. The summed E-state index contributed by atoms with van der Waals surface area (Å²) in [6.07, 6.45) is 6.80. The Morgan fingerprint density at radius 1 is 1.14 bits per heavy atom. The summed E-state index contributed by atoms with van der Waals surface area (Å²) in [4.78, 5) is 35.1. The summed E-state index contributed by atoms with van der Waals surface area (Å²) >= 11 is 6.03. The largest absolute Gasteiger partial charge is 0.494 e. The lowest BCUT2D eigenvalue weighted by atomic mass is 9.85. The standard InChI is InChI=1S/C28H30ClN5O3/c1-3-37-23-12-10-22(11-13-23)34-26-25(5-4-14-30-26)33(28(34)36)17-19-6-8-21(9-7-19)32-27(35)24-15-20(29)16-31-18(24)2/h4-5,10-16,19,21H,3,6-9,17H2,1-2H3,(H,32,35)/t19-,21-. The van der Waals surface area contributed by atoms with Crippen molar-refractivity contribution in [1.82, 2.24) is 24.4 Å². The Morgan fingerprint density at radius 3 is 2.62 bits per heavy atom. The molecule has 1 aromatic carbocycles. The minimum Gasteiger partial charge on any atom is -0.494 e. The van der Waals surface area contributed by atoms with E-state index in [1.165, 1.54) is 0 Å². The van der Waals surface area contributed by atoms with E-state index in [-0.39, 0.29) is 17.6 Å². The highest BCUT2D eigenvalue weighted by Crippen LogP contribution is 2.28. The van der Waals surface area contributed by atoms with Crippen molar-refractivity contribution in [1.29, 1.82) is 0 Å². The lowest BCUT2D eigenvalue weighted by Gasteiger charge is -2.29. The maximum atomic E-state index is 13.6. The maximum absolute atomic E-state index is 13.6. The molecule has 3 aromatic heterocycles. The van der Waals surface area contributed by atoms with Gasteiger partial charge < -0.3 is 10.1 Å². The molecular weight excluding hydrogens is 490 g/mol. The van der Waals surface area contributed by atoms with Crippen molar-refractivity contribution >= 4 is 28.7 Å². The molecule has 0 aliphatic heterocycles. The minimum absolute atomic E-state index is 0.0886. The lowest BCUT2D eigenvalue weighted by molar-refractivity contribution is 0.0919. The first-order chi connectivity index (χ1) is 17.9. The van der Waals surface area contributed by atoms with E-state index in [0.29, 0.717) is 41.0 Å². The van der Waals surface area contributed by atoms with Crippen LogP contribution in [0.15, 0.2) is 59.7 Å². The van der Waals surface area contributed by atoms with E-state index in [9.17, 15) is 9.59 Å². The number of pyridine rings is 2. The van der Waals surface area contributed by atoms with Crippen molar-refractivity contribution in [2.24, 2.45) is 5.92 Å². The number of aryl methyl sites for hydroxylation is 1. The van der Waals surface area contributed by atoms with Crippen LogP contribution in [0, 0.1) is 12.8 Å². The third-order valence-corrected chi connectivity index (χ3v) is 7.22. The molecule has 1 saturated carbocycles. The summed E-state index contributed by atoms with van der Waals surface area (Å²) < 4.78 is 9.05. The van der Waals surface area contributed by atoms with Crippen LogP contribution in [0.2, 0.25) is 5.02 Å². The Morgan fingerprint density at radius 2 is 1.89 bits per heavy atom. The number of hydrogen-bond donors (Lipinski definition) is 1. The smallest absolute Gasteiger partial charge is 0.334 e. The molecule has 0 unspecified atom stereocenters. The van der Waals surface area contributed by atoms with E-state index < -0.39 is 0 Å². The third kappa shape index (κ3) is 5.25. The molecule has 5 rings (SSSR count). The van der Waals surface area contributed by atoms with Crippen molar-refractivity contribution in [3.63, 3.8) is 0 Å². The van der Waals surface area contributed by atoms with E-state index >= 15 is 0 Å². The van der Waals surface area contributed by atoms with Gasteiger partial charge in [0, 0.05) is 25.0 Å². The molecule has 1 amide bonds. The van der Waals surface area contributed by atoms with Crippen molar-refractivity contribution in [2.75, 3.05) is 6.61 Å². The summed E-state index contributed by atoms with van der Waals surface area (Å²) in [6.45, 7) is 4.94. The Hall–Kier alpha value is -3.65. The number of ether oxygens (including phenoxy) is 1. The summed E-state index contributed by atoms with van der Waals surface area (Å²) in [5.74, 6) is 0.957. The molecule has 0 radical (unpaired) electrons. The second-order valence-corrected chi connectivity index (χ2v) is 9.92. The monoisotopic (exact) mass is 519 g/mol. The van der Waals surface area contributed by atoms with Crippen LogP contribution in [0.3, 0.4) is 0 Å². The summed E-state index contributed by atoms with van der Waals surface area (Å²) in [5.41, 5.74) is 3.29. The van der Waals surface area contributed by atoms with Gasteiger partial charge in [-0.05, 0) is 87.9 Å². The number of carbonyl (C=O) groups excluding carboxylic acids is 1. The first-order valence-electron chi connectivity index (χ1n) is 12.7. The van der Waals surface area contributed by atoms with Gasteiger partial charge in [-0.3, -0.25) is 14.3 Å². The van der Waals surface area contributed by atoms with E-state index in [1.807, 2.05) is 47.9 Å². The number of imidazole rings is 1. The van der Waals surface area contributed by atoms with E-state index in [0.717, 1.165) is 42.6 Å². The quantitative estimate of drug-likeness (QED) is 0.374. The first-order valence-corrected chi connectivity index (χ1v) is 13.0. The normalized spacial score (nSPS) is 17.6. The van der Waals surface area contributed by atoms with Crippen molar-refractivity contribution < 1.29 is 9.53 Å². The predicted molar refractivity (Wildman–Crippen MR) is 144 cm³/mol. The zero-order chi connectivity index (χ0) is 25.9. The van der Waals surface area contributed by atoms with Crippen LogP contribution in [-0.2, 0) is 6.54 Å². The molecule has 0 atom stereocenters. The van der Waals surface area contributed by atoms with Gasteiger partial charge in [-0.15, -0.1) is 0 Å². The lowest BCUT2D eigenvalue weighted by Crippen LogP contribution is -2.39. The molecule has 9 heteroatoms. The van der Waals surface area contributed by atoms with Crippen LogP contribution in [0.1, 0.15) is 48.7 Å². The number of benzene rings is 1. The molecule has 3 heterocycles. The number of nitrogens with zero attached hydrogens (tertiary/aromatic N) is 4. The summed E-state index contributed by atoms with van der Waals surface area (Å²) in [5, 5.41) is 3.59. The van der Waals surface area contributed by atoms with E-state index in [2.05, 4.69) is 15.3 Å². The van der Waals surface area contributed by atoms with E-state index in [1.54, 1.807) is 30.0 Å². The first kappa shape index (κ1) is 25.0. The van der Waals surface area contributed by atoms with Gasteiger partial charge in [0.2, 0.25) is 0 Å². The fourth-order valence-electron chi connectivity index (χ4n) is 5.10. The number of aromatic nitrogens is 4. The van der Waals surface area contributed by atoms with E-state index in [4.69, 9.17) is 16.3 Å². The Balaban J connectivity index is 1.30. The van der Waals surface area contributed by atoms with Gasteiger partial charge in [-0.1, -0.05) is 11.6 Å². The molecule has 4 aromatic rings. The van der Waals surface area contributed by atoms with Crippen molar-refractivity contribution in [2.45, 2.75) is 52.1 Å². The molecule has 1 aliphatic rings. The summed E-state index contributed by atoms with van der Waals surface area (Å²) in [6, 6.07) is 13.1. The van der Waals surface area contributed by atoms with Crippen LogP contribution in [0.25, 0.3) is 16.9 Å². The predicted octanol–water partition coefficient (Wildman–Crippen LogP) is 4.93. The third-order valence-electron chi connectivity index (χ3n) is 7.02. The number of hydrogen-bond acceptors (Lipinski definition) is 5. The highest BCUT2D eigenvalue weighted by atomic mass is 35.5. The molecule has 37 heavy (non-hydrogen) atoms. The number of nitrogens with one attached hydrogen (secondary N) is 1. The average Bonchev–Trinajstić information content (AvgIpc) is 3.18. The SMILES string of the molecule is CCOc1ccc(-n2c(=O)n(C[C@H]3CC[C@H](NC(=O)c4cc(Cl)cnc4C)CC3)c3cccnc32)cc1. The van der Waals surface area contributed by atoms with Crippen molar-refractivity contribution in [3.05, 3.63) is 81.6 Å². The second-order valence-electron chi connectivity index (χ2n) is 9.48. The zero-order valence-electron chi connectivity index (χ0n) is 21.0. The maximum Gasteiger partial charge on any atom is 0.334 e. The van der Waals surface area contributed by atoms with Gasteiger partial charge >= 0.3 is 5.69 Å². The molecule has 0 saturated heterocycles. The minimum atomic E-state index is -0.142. The number of amides is 1. The van der Waals surface area contributed by atoms with Crippen LogP contribution in [-0.4, -0.2) is 37.7 Å². The number of fused-ring (bicyclic) bond motifs is 1. The number of carbonyl (C=O) groups is 1. The summed E-state index contributed by atoms with van der Waals surface area (Å²) in [7, 11) is 0. The van der Waals surface area contributed by atoms with Gasteiger partial charge in [0.05, 0.1) is 34.1 Å². The van der Waals surface area contributed by atoms with Gasteiger partial charge in [0.15, 0.2) is 5.65 Å². The fourth-order valence-corrected chi connectivity index (χ4v) is 5.26. The Bertz CT molecular complexity index is 1470. The van der Waals surface area contributed by atoms with Gasteiger partial charge in [0.25, 0.3) is 5.91 Å². The zero-order valence-corrected chi connectivity index (χ0v) is 21.7. The van der Waals surface area contributed by atoms with Crippen LogP contribution >= 0.6 is 11.6 Å². The molecule has 192 valence electrons. The van der Waals surface area contributed by atoms with Gasteiger partial charge in [-0.2, -0.15) is 0 Å². The molecular formula is C28H30ClN5O3. The number of rotatable bonds is 7. The molecule has 1 N–H and O–H groups in total. The molecule has 8 nitrogen and oxygen atoms in total. The van der Waals surface area contributed by atoms with Crippen LogP contribution in [0.4, 0.5) is 0 Å². The molecule has 1 fully saturated rings. The molecule has 0 spiro atoms. The number of halogens is 1. The van der Waals surface area contributed by atoms with Crippen LogP contribution in [0.5, 0.6) is 5.75 Å². The topological polar surface area (TPSA) is 91.0 Å². The van der Waals surface area contributed by atoms with Crippen LogP contribution < -0.4 is 15.7 Å². The molecule has 0 bridgehead atoms. The van der Waals surface area contributed by atoms with Gasteiger partial charge in [-0.25, -0.2) is 14.3 Å². The highest BCUT2D eigenvalue weighted by Gasteiger charge is 2.26. The fraction of sp³-hybridized carbons (Fsp3) is 0.357. The molecule has 1 aliphatic carbocycles. The Labute approximate surface area is 220 Å². The average molecular weight is 520 g/mol. The van der Waals surface area contributed by atoms with Gasteiger partial charge in [0.1, 0.15) is 5.75 Å².